The standard InChI is InChI=1S/C13H15N4O2/c1-8(2)19-12-6-15-7-16-13(12)9-3-4-10(14)11(5-9)17-18/h3-8,17H,14H2,1-2H3/q-1. The van der Waals surface area contributed by atoms with Crippen molar-refractivity contribution in [2.75, 3.05) is 11.2 Å². The van der Waals surface area contributed by atoms with E-state index in [2.05, 4.69) is 9.97 Å². The zero-order valence-electron chi connectivity index (χ0n) is 10.8. The molecule has 0 radical (unpaired) electrons. The molecule has 0 aliphatic heterocycles. The third-order valence-electron chi connectivity index (χ3n) is 2.48. The smallest absolute Gasteiger partial charge is 0.164 e. The molecule has 0 aliphatic rings. The van der Waals surface area contributed by atoms with Crippen molar-refractivity contribution in [2.45, 2.75) is 20.0 Å². The van der Waals surface area contributed by atoms with Gasteiger partial charge in [-0.3, -0.25) is 0 Å². The lowest BCUT2D eigenvalue weighted by Gasteiger charge is -2.16. The molecule has 0 aliphatic carbocycles. The summed E-state index contributed by atoms with van der Waals surface area (Å²) in [6.07, 6.45) is 3.04. The Kier molecular flexibility index (Phi) is 3.82. The molecule has 0 saturated heterocycles. The molecular formula is C13H15N4O2-. The van der Waals surface area contributed by atoms with Crippen molar-refractivity contribution in [3.05, 3.63) is 35.9 Å². The molecule has 100 valence electrons. The van der Waals surface area contributed by atoms with E-state index in [-0.39, 0.29) is 6.10 Å². The Morgan fingerprint density at radius 1 is 1.37 bits per heavy atom. The van der Waals surface area contributed by atoms with Gasteiger partial charge in [0.1, 0.15) is 12.0 Å². The fraction of sp³-hybridized carbons (Fsp3) is 0.231. The highest BCUT2D eigenvalue weighted by Gasteiger charge is 2.10. The summed E-state index contributed by atoms with van der Waals surface area (Å²) in [7, 11) is 0. The summed E-state index contributed by atoms with van der Waals surface area (Å²) in [5, 5.41) is 10.8. The van der Waals surface area contributed by atoms with Gasteiger partial charge in [0, 0.05) is 11.3 Å². The number of hydrogen-bond acceptors (Lipinski definition) is 6. The average Bonchev–Trinajstić information content (AvgIpc) is 2.39. The van der Waals surface area contributed by atoms with Crippen LogP contribution in [0.5, 0.6) is 5.75 Å². The number of nitrogen functional groups attached to an aromatic ring is 1. The van der Waals surface area contributed by atoms with Gasteiger partial charge in [-0.2, -0.15) is 0 Å². The van der Waals surface area contributed by atoms with Crippen LogP contribution in [0.3, 0.4) is 0 Å². The Bertz CT molecular complexity index is 572. The van der Waals surface area contributed by atoms with Crippen LogP contribution in [-0.2, 0) is 0 Å². The molecule has 0 unspecified atom stereocenters. The van der Waals surface area contributed by atoms with Gasteiger partial charge in [0.2, 0.25) is 0 Å². The molecule has 19 heavy (non-hydrogen) atoms. The Balaban J connectivity index is 2.46. The topological polar surface area (TPSA) is 96.1 Å². The molecule has 2 aromatic rings. The van der Waals surface area contributed by atoms with Gasteiger partial charge in [-0.1, -0.05) is 6.07 Å². The summed E-state index contributed by atoms with van der Waals surface area (Å²) in [4.78, 5) is 8.15. The van der Waals surface area contributed by atoms with Crippen molar-refractivity contribution in [2.24, 2.45) is 0 Å². The number of anilines is 2. The summed E-state index contributed by atoms with van der Waals surface area (Å²) < 4.78 is 5.65. The largest absolute Gasteiger partial charge is 0.761 e. The minimum Gasteiger partial charge on any atom is -0.761 e. The molecule has 6 nitrogen and oxygen atoms in total. The van der Waals surface area contributed by atoms with Crippen LogP contribution in [0.4, 0.5) is 11.4 Å². The molecule has 6 heteroatoms. The first-order valence-corrected chi connectivity index (χ1v) is 5.86. The Morgan fingerprint density at radius 3 is 2.84 bits per heavy atom. The van der Waals surface area contributed by atoms with Crippen molar-refractivity contribution in [3.63, 3.8) is 0 Å². The summed E-state index contributed by atoms with van der Waals surface area (Å²) in [5.41, 5.74) is 9.54. The van der Waals surface area contributed by atoms with Crippen molar-refractivity contribution in [1.29, 1.82) is 0 Å². The van der Waals surface area contributed by atoms with Crippen LogP contribution in [-0.4, -0.2) is 16.1 Å². The highest BCUT2D eigenvalue weighted by atomic mass is 16.5. The Labute approximate surface area is 111 Å². The molecule has 1 aromatic carbocycles. The van der Waals surface area contributed by atoms with Gasteiger partial charge in [0.15, 0.2) is 5.75 Å². The van der Waals surface area contributed by atoms with E-state index in [0.717, 1.165) is 5.56 Å². The van der Waals surface area contributed by atoms with Gasteiger partial charge in [-0.15, -0.1) is 0 Å². The van der Waals surface area contributed by atoms with Crippen LogP contribution >= 0.6 is 0 Å². The first kappa shape index (κ1) is 13.1. The summed E-state index contributed by atoms with van der Waals surface area (Å²) in [6.45, 7) is 3.84. The van der Waals surface area contributed by atoms with Gasteiger partial charge in [0.05, 0.1) is 18.0 Å². The third kappa shape index (κ3) is 2.92. The molecule has 2 rings (SSSR count). The number of nitrogens with one attached hydrogen (secondary N) is 1. The maximum absolute atomic E-state index is 10.8. The molecule has 3 N–H and O–H groups in total. The van der Waals surface area contributed by atoms with Crippen molar-refractivity contribution in [1.82, 2.24) is 9.97 Å². The van der Waals surface area contributed by atoms with E-state index in [4.69, 9.17) is 10.5 Å². The van der Waals surface area contributed by atoms with Gasteiger partial charge >= 0.3 is 0 Å². The molecule has 1 heterocycles. The highest BCUT2D eigenvalue weighted by molar-refractivity contribution is 5.76. The van der Waals surface area contributed by atoms with Crippen molar-refractivity contribution < 1.29 is 4.74 Å². The minimum atomic E-state index is 0.00985. The highest BCUT2D eigenvalue weighted by Crippen LogP contribution is 2.31. The van der Waals surface area contributed by atoms with Crippen LogP contribution in [0, 0.1) is 5.21 Å². The Hall–Kier alpha value is -2.34. The SMILES string of the molecule is CC(C)Oc1cncnc1-c1ccc(N)c(N[O-])c1. The van der Waals surface area contributed by atoms with Crippen LogP contribution < -0.4 is 16.0 Å². The minimum absolute atomic E-state index is 0.00985. The first-order chi connectivity index (χ1) is 9.11. The second kappa shape index (κ2) is 5.53. The average molecular weight is 259 g/mol. The number of aromatic nitrogens is 2. The third-order valence-corrected chi connectivity index (χ3v) is 2.48. The molecule has 0 spiro atoms. The maximum Gasteiger partial charge on any atom is 0.164 e. The van der Waals surface area contributed by atoms with Crippen LogP contribution in [0.1, 0.15) is 13.8 Å². The van der Waals surface area contributed by atoms with Crippen LogP contribution in [0.2, 0.25) is 0 Å². The van der Waals surface area contributed by atoms with E-state index in [0.29, 0.717) is 22.8 Å². The molecule has 0 bridgehead atoms. The maximum atomic E-state index is 10.8. The van der Waals surface area contributed by atoms with E-state index in [1.165, 1.54) is 6.33 Å². The van der Waals surface area contributed by atoms with Gasteiger partial charge in [0.25, 0.3) is 0 Å². The zero-order valence-corrected chi connectivity index (χ0v) is 10.8. The van der Waals surface area contributed by atoms with Crippen molar-refractivity contribution in [3.8, 4) is 17.0 Å². The van der Waals surface area contributed by atoms with Crippen molar-refractivity contribution >= 4 is 11.4 Å². The Morgan fingerprint density at radius 2 is 2.16 bits per heavy atom. The summed E-state index contributed by atoms with van der Waals surface area (Å²) in [5.74, 6) is 0.569. The molecular weight excluding hydrogens is 244 g/mol. The first-order valence-electron chi connectivity index (χ1n) is 5.86. The molecule has 0 saturated carbocycles. The van der Waals surface area contributed by atoms with E-state index >= 15 is 0 Å². The molecule has 0 amide bonds. The van der Waals surface area contributed by atoms with Gasteiger partial charge < -0.3 is 21.2 Å². The number of nitrogens with zero attached hydrogens (tertiary/aromatic N) is 2. The summed E-state index contributed by atoms with van der Waals surface area (Å²) in [6, 6.07) is 5.07. The second-order valence-electron chi connectivity index (χ2n) is 4.31. The van der Waals surface area contributed by atoms with Gasteiger partial charge in [-0.25, -0.2) is 9.97 Å². The van der Waals surface area contributed by atoms with Crippen LogP contribution in [0.25, 0.3) is 11.3 Å². The lowest BCUT2D eigenvalue weighted by atomic mass is 10.1. The number of hydrogen-bond donors (Lipinski definition) is 2. The fourth-order valence-electron chi connectivity index (χ4n) is 1.67. The van der Waals surface area contributed by atoms with E-state index in [1.54, 1.807) is 29.9 Å². The number of benzene rings is 1. The predicted octanol–water partition coefficient (Wildman–Crippen LogP) is 2.42. The predicted molar refractivity (Wildman–Crippen MR) is 74.6 cm³/mol. The monoisotopic (exact) mass is 259 g/mol. The normalized spacial score (nSPS) is 10.5. The second-order valence-corrected chi connectivity index (χ2v) is 4.31. The number of nitrogens with two attached hydrogens (primary N) is 1. The molecule has 0 atom stereocenters. The molecule has 1 aromatic heterocycles. The summed E-state index contributed by atoms with van der Waals surface area (Å²) >= 11 is 0. The zero-order chi connectivity index (χ0) is 13.8. The lowest BCUT2D eigenvalue weighted by molar-refractivity contribution is 0.241. The van der Waals surface area contributed by atoms with E-state index in [9.17, 15) is 5.21 Å². The molecule has 0 fully saturated rings. The van der Waals surface area contributed by atoms with Crippen LogP contribution in [0.15, 0.2) is 30.7 Å². The van der Waals surface area contributed by atoms with E-state index in [1.807, 2.05) is 13.8 Å². The quantitative estimate of drug-likeness (QED) is 0.646. The lowest BCUT2D eigenvalue weighted by Crippen LogP contribution is -2.07. The van der Waals surface area contributed by atoms with E-state index < -0.39 is 0 Å². The number of ether oxygens (including phenoxy) is 1. The fourth-order valence-corrected chi connectivity index (χ4v) is 1.67. The number of rotatable bonds is 4. The van der Waals surface area contributed by atoms with Gasteiger partial charge in [-0.05, 0) is 26.0 Å².